The monoisotopic (exact) mass is 351 g/mol. The Hall–Kier alpha value is -2.36. The number of nitrogens with zero attached hydrogens (tertiary/aromatic N) is 2. The normalized spacial score (nSPS) is 15.7. The molecular formula is C22H29N3O. The number of anilines is 1. The van der Waals surface area contributed by atoms with Crippen LogP contribution in [-0.2, 0) is 6.42 Å². The van der Waals surface area contributed by atoms with Crippen LogP contribution in [0.4, 0.5) is 5.82 Å². The summed E-state index contributed by atoms with van der Waals surface area (Å²) in [5.41, 5.74) is 1.80. The summed E-state index contributed by atoms with van der Waals surface area (Å²) in [6, 6.07) is 14.6. The number of aromatic nitrogens is 1. The quantitative estimate of drug-likeness (QED) is 0.903. The predicted octanol–water partition coefficient (Wildman–Crippen LogP) is 4.07. The van der Waals surface area contributed by atoms with E-state index in [1.165, 1.54) is 18.4 Å². The summed E-state index contributed by atoms with van der Waals surface area (Å²) in [6.07, 6.45) is 5.21. The second kappa shape index (κ2) is 7.90. The Bertz CT molecular complexity index is 711. The van der Waals surface area contributed by atoms with Crippen molar-refractivity contribution in [3.05, 3.63) is 59.8 Å². The lowest BCUT2D eigenvalue weighted by Crippen LogP contribution is -2.40. The molecule has 1 aliphatic rings. The number of hydrogen-bond acceptors (Lipinski definition) is 3. The van der Waals surface area contributed by atoms with Crippen LogP contribution in [0.25, 0.3) is 0 Å². The third-order valence-corrected chi connectivity index (χ3v) is 4.80. The number of benzene rings is 1. The average Bonchev–Trinajstić information content (AvgIpc) is 2.62. The number of carbonyl (C=O) groups excluding carboxylic acids is 1. The van der Waals surface area contributed by atoms with E-state index >= 15 is 0 Å². The number of amides is 1. The zero-order valence-electron chi connectivity index (χ0n) is 16.0. The Morgan fingerprint density at radius 3 is 2.38 bits per heavy atom. The molecule has 1 amide bonds. The SMILES string of the molecule is CC(C)(C)NC(=O)c1ccc(N2CCC(Cc3ccccc3)CC2)nc1. The number of pyridine rings is 1. The highest BCUT2D eigenvalue weighted by atomic mass is 16.1. The molecule has 0 spiro atoms. The van der Waals surface area contributed by atoms with E-state index in [0.29, 0.717) is 5.56 Å². The zero-order valence-corrected chi connectivity index (χ0v) is 16.0. The summed E-state index contributed by atoms with van der Waals surface area (Å²) in [5, 5.41) is 2.97. The summed E-state index contributed by atoms with van der Waals surface area (Å²) >= 11 is 0. The first kappa shape index (κ1) is 18.4. The molecule has 0 bridgehead atoms. The van der Waals surface area contributed by atoms with Crippen LogP contribution in [0.1, 0.15) is 49.5 Å². The van der Waals surface area contributed by atoms with E-state index in [2.05, 4.69) is 45.5 Å². The van der Waals surface area contributed by atoms with Gasteiger partial charge in [-0.1, -0.05) is 30.3 Å². The van der Waals surface area contributed by atoms with Crippen molar-refractivity contribution in [2.45, 2.75) is 45.6 Å². The molecule has 1 saturated heterocycles. The van der Waals surface area contributed by atoms with E-state index in [1.54, 1.807) is 6.20 Å². The maximum Gasteiger partial charge on any atom is 0.253 e. The lowest BCUT2D eigenvalue weighted by atomic mass is 9.90. The van der Waals surface area contributed by atoms with Crippen LogP contribution in [-0.4, -0.2) is 29.5 Å². The molecule has 0 atom stereocenters. The third kappa shape index (κ3) is 5.07. The van der Waals surface area contributed by atoms with Gasteiger partial charge in [0, 0.05) is 24.8 Å². The van der Waals surface area contributed by atoms with Crippen LogP contribution in [0.3, 0.4) is 0 Å². The lowest BCUT2D eigenvalue weighted by molar-refractivity contribution is 0.0919. The van der Waals surface area contributed by atoms with Gasteiger partial charge in [-0.3, -0.25) is 4.79 Å². The molecule has 1 aliphatic heterocycles. The second-order valence-corrected chi connectivity index (χ2v) is 8.23. The minimum Gasteiger partial charge on any atom is -0.357 e. The highest BCUT2D eigenvalue weighted by Crippen LogP contribution is 2.24. The molecule has 4 heteroatoms. The zero-order chi connectivity index (χ0) is 18.6. The molecule has 1 aromatic carbocycles. The molecule has 1 fully saturated rings. The molecule has 138 valence electrons. The number of rotatable bonds is 4. The van der Waals surface area contributed by atoms with Gasteiger partial charge in [-0.2, -0.15) is 0 Å². The van der Waals surface area contributed by atoms with Crippen molar-refractivity contribution in [2.75, 3.05) is 18.0 Å². The van der Waals surface area contributed by atoms with Gasteiger partial charge in [-0.15, -0.1) is 0 Å². The van der Waals surface area contributed by atoms with Gasteiger partial charge in [-0.05, 0) is 63.6 Å². The molecule has 3 rings (SSSR count). The van der Waals surface area contributed by atoms with Gasteiger partial charge in [-0.25, -0.2) is 4.98 Å². The van der Waals surface area contributed by atoms with Crippen LogP contribution < -0.4 is 10.2 Å². The number of carbonyl (C=O) groups is 1. The molecule has 1 aromatic heterocycles. The lowest BCUT2D eigenvalue weighted by Gasteiger charge is -2.33. The number of hydrogen-bond donors (Lipinski definition) is 1. The van der Waals surface area contributed by atoms with Gasteiger partial charge in [0.1, 0.15) is 5.82 Å². The van der Waals surface area contributed by atoms with Crippen molar-refractivity contribution in [3.8, 4) is 0 Å². The summed E-state index contributed by atoms with van der Waals surface area (Å²) in [6.45, 7) is 7.99. The first-order chi connectivity index (χ1) is 12.4. The van der Waals surface area contributed by atoms with Gasteiger partial charge >= 0.3 is 0 Å². The molecule has 4 nitrogen and oxygen atoms in total. The molecule has 0 aliphatic carbocycles. The minimum atomic E-state index is -0.240. The van der Waals surface area contributed by atoms with Crippen LogP contribution in [0, 0.1) is 5.92 Å². The van der Waals surface area contributed by atoms with E-state index in [4.69, 9.17) is 0 Å². The van der Waals surface area contributed by atoms with Gasteiger partial charge in [0.15, 0.2) is 0 Å². The number of piperidine rings is 1. The first-order valence-corrected chi connectivity index (χ1v) is 9.48. The van der Waals surface area contributed by atoms with E-state index in [0.717, 1.165) is 31.2 Å². The third-order valence-electron chi connectivity index (χ3n) is 4.80. The summed E-state index contributed by atoms with van der Waals surface area (Å²) in [4.78, 5) is 19.1. The Morgan fingerprint density at radius 1 is 1.12 bits per heavy atom. The van der Waals surface area contributed by atoms with Crippen molar-refractivity contribution in [1.29, 1.82) is 0 Å². The topological polar surface area (TPSA) is 45.2 Å². The Labute approximate surface area is 156 Å². The molecule has 2 aromatic rings. The molecule has 0 radical (unpaired) electrons. The Kier molecular flexibility index (Phi) is 5.60. The summed E-state index contributed by atoms with van der Waals surface area (Å²) < 4.78 is 0. The van der Waals surface area contributed by atoms with Crippen LogP contribution in [0.2, 0.25) is 0 Å². The van der Waals surface area contributed by atoms with Crippen molar-refractivity contribution in [1.82, 2.24) is 10.3 Å². The summed E-state index contributed by atoms with van der Waals surface area (Å²) in [7, 11) is 0. The predicted molar refractivity (Wildman–Crippen MR) is 107 cm³/mol. The molecule has 1 N–H and O–H groups in total. The smallest absolute Gasteiger partial charge is 0.253 e. The maximum atomic E-state index is 12.2. The fraction of sp³-hybridized carbons (Fsp3) is 0.455. The Morgan fingerprint density at radius 2 is 1.81 bits per heavy atom. The molecule has 2 heterocycles. The standard InChI is InChI=1S/C22H29N3O/c1-22(2,3)24-21(26)19-9-10-20(23-16-19)25-13-11-18(12-14-25)15-17-7-5-4-6-8-17/h4-10,16,18H,11-15H2,1-3H3,(H,24,26). The van der Waals surface area contributed by atoms with Crippen molar-refractivity contribution >= 4 is 11.7 Å². The summed E-state index contributed by atoms with van der Waals surface area (Å²) in [5.74, 6) is 1.64. The van der Waals surface area contributed by atoms with Crippen LogP contribution >= 0.6 is 0 Å². The van der Waals surface area contributed by atoms with E-state index in [-0.39, 0.29) is 11.4 Å². The highest BCUT2D eigenvalue weighted by Gasteiger charge is 2.21. The van der Waals surface area contributed by atoms with Gasteiger partial charge in [0.25, 0.3) is 5.91 Å². The van der Waals surface area contributed by atoms with Gasteiger partial charge in [0.2, 0.25) is 0 Å². The van der Waals surface area contributed by atoms with Crippen molar-refractivity contribution in [3.63, 3.8) is 0 Å². The van der Waals surface area contributed by atoms with E-state index in [1.807, 2.05) is 32.9 Å². The minimum absolute atomic E-state index is 0.0712. The largest absolute Gasteiger partial charge is 0.357 e. The van der Waals surface area contributed by atoms with E-state index < -0.39 is 0 Å². The van der Waals surface area contributed by atoms with Crippen LogP contribution in [0.15, 0.2) is 48.7 Å². The fourth-order valence-electron chi connectivity index (χ4n) is 3.43. The average molecular weight is 351 g/mol. The number of nitrogens with one attached hydrogen (secondary N) is 1. The fourth-order valence-corrected chi connectivity index (χ4v) is 3.43. The van der Waals surface area contributed by atoms with Crippen molar-refractivity contribution in [2.24, 2.45) is 5.92 Å². The molecule has 0 unspecified atom stereocenters. The maximum absolute atomic E-state index is 12.2. The van der Waals surface area contributed by atoms with Crippen molar-refractivity contribution < 1.29 is 4.79 Å². The molecule has 26 heavy (non-hydrogen) atoms. The van der Waals surface area contributed by atoms with Gasteiger partial charge < -0.3 is 10.2 Å². The van der Waals surface area contributed by atoms with Crippen LogP contribution in [0.5, 0.6) is 0 Å². The Balaban J connectivity index is 1.54. The molecule has 0 saturated carbocycles. The second-order valence-electron chi connectivity index (χ2n) is 8.23. The molecular weight excluding hydrogens is 322 g/mol. The first-order valence-electron chi connectivity index (χ1n) is 9.48. The van der Waals surface area contributed by atoms with Gasteiger partial charge in [0.05, 0.1) is 5.56 Å². The highest BCUT2D eigenvalue weighted by molar-refractivity contribution is 5.94. The van der Waals surface area contributed by atoms with E-state index in [9.17, 15) is 4.79 Å².